The van der Waals surface area contributed by atoms with Gasteiger partial charge < -0.3 is 5.11 Å². The van der Waals surface area contributed by atoms with Crippen molar-refractivity contribution >= 4 is 0 Å². The van der Waals surface area contributed by atoms with Gasteiger partial charge in [0.15, 0.2) is 0 Å². The zero-order valence-electron chi connectivity index (χ0n) is 12.4. The normalized spacial score (nSPS) is 14.8. The molecule has 0 rings (SSSR count). The molecule has 17 heavy (non-hydrogen) atoms. The lowest BCUT2D eigenvalue weighted by Crippen LogP contribution is -2.16. The Bertz CT molecular complexity index is 142. The van der Waals surface area contributed by atoms with Gasteiger partial charge in [0.25, 0.3) is 0 Å². The SMILES string of the molecule is CCCCCCCCC(CCCCC)C(C)O. The van der Waals surface area contributed by atoms with Crippen molar-refractivity contribution < 1.29 is 5.11 Å². The molecule has 104 valence electrons. The van der Waals surface area contributed by atoms with E-state index in [1.54, 1.807) is 0 Å². The van der Waals surface area contributed by atoms with Crippen molar-refractivity contribution in [2.75, 3.05) is 0 Å². The van der Waals surface area contributed by atoms with E-state index in [1.165, 1.54) is 70.6 Å². The van der Waals surface area contributed by atoms with Crippen LogP contribution in [0.25, 0.3) is 0 Å². The van der Waals surface area contributed by atoms with Crippen LogP contribution >= 0.6 is 0 Å². The zero-order chi connectivity index (χ0) is 12.9. The van der Waals surface area contributed by atoms with E-state index in [1.807, 2.05) is 6.92 Å². The van der Waals surface area contributed by atoms with Gasteiger partial charge in [-0.1, -0.05) is 71.6 Å². The van der Waals surface area contributed by atoms with E-state index in [0.717, 1.165) is 0 Å². The third-order valence-electron chi connectivity index (χ3n) is 3.79. The lowest BCUT2D eigenvalue weighted by molar-refractivity contribution is 0.111. The molecule has 2 unspecified atom stereocenters. The molecule has 0 aliphatic rings. The van der Waals surface area contributed by atoms with Gasteiger partial charge in [-0.25, -0.2) is 0 Å². The number of rotatable bonds is 12. The second-order valence-corrected chi connectivity index (χ2v) is 5.55. The quantitative estimate of drug-likeness (QED) is 0.460. The highest BCUT2D eigenvalue weighted by Crippen LogP contribution is 2.21. The highest BCUT2D eigenvalue weighted by molar-refractivity contribution is 4.65. The first-order valence-corrected chi connectivity index (χ1v) is 7.90. The third kappa shape index (κ3) is 10.8. The molecule has 0 fully saturated rings. The summed E-state index contributed by atoms with van der Waals surface area (Å²) in [4.78, 5) is 0. The van der Waals surface area contributed by atoms with Crippen LogP contribution < -0.4 is 0 Å². The Balaban J connectivity index is 3.49. The number of hydrogen-bond donors (Lipinski definition) is 1. The molecule has 0 aromatic carbocycles. The van der Waals surface area contributed by atoms with Crippen LogP contribution in [0, 0.1) is 5.92 Å². The van der Waals surface area contributed by atoms with Gasteiger partial charge in [0, 0.05) is 0 Å². The lowest BCUT2D eigenvalue weighted by Gasteiger charge is -2.19. The van der Waals surface area contributed by atoms with Crippen molar-refractivity contribution in [1.29, 1.82) is 0 Å². The van der Waals surface area contributed by atoms with E-state index in [4.69, 9.17) is 0 Å². The van der Waals surface area contributed by atoms with Crippen LogP contribution in [0.5, 0.6) is 0 Å². The van der Waals surface area contributed by atoms with E-state index in [-0.39, 0.29) is 6.10 Å². The minimum Gasteiger partial charge on any atom is -0.393 e. The van der Waals surface area contributed by atoms with Crippen molar-refractivity contribution in [3.63, 3.8) is 0 Å². The second kappa shape index (κ2) is 12.4. The molecule has 1 N–H and O–H groups in total. The molecule has 0 saturated heterocycles. The van der Waals surface area contributed by atoms with Crippen LogP contribution in [0.4, 0.5) is 0 Å². The fourth-order valence-corrected chi connectivity index (χ4v) is 2.47. The Morgan fingerprint density at radius 3 is 1.65 bits per heavy atom. The van der Waals surface area contributed by atoms with Gasteiger partial charge in [0.2, 0.25) is 0 Å². The van der Waals surface area contributed by atoms with Gasteiger partial charge in [-0.3, -0.25) is 0 Å². The summed E-state index contributed by atoms with van der Waals surface area (Å²) in [6.45, 7) is 6.47. The summed E-state index contributed by atoms with van der Waals surface area (Å²) in [6, 6.07) is 0. The lowest BCUT2D eigenvalue weighted by atomic mass is 9.90. The summed E-state index contributed by atoms with van der Waals surface area (Å²) in [6.07, 6.45) is 14.4. The van der Waals surface area contributed by atoms with Crippen molar-refractivity contribution in [2.24, 2.45) is 5.92 Å². The average Bonchev–Trinajstić information content (AvgIpc) is 2.31. The van der Waals surface area contributed by atoms with E-state index < -0.39 is 0 Å². The number of aliphatic hydroxyl groups excluding tert-OH is 1. The Hall–Kier alpha value is -0.0400. The van der Waals surface area contributed by atoms with Crippen LogP contribution in [-0.2, 0) is 0 Å². The molecule has 0 saturated carbocycles. The van der Waals surface area contributed by atoms with E-state index in [2.05, 4.69) is 13.8 Å². The number of unbranched alkanes of at least 4 members (excludes halogenated alkanes) is 7. The molecule has 1 nitrogen and oxygen atoms in total. The standard InChI is InChI=1S/C16H34O/c1-4-6-8-9-10-12-14-16(15(3)17)13-11-7-5-2/h15-17H,4-14H2,1-3H3. The van der Waals surface area contributed by atoms with Gasteiger partial charge in [-0.15, -0.1) is 0 Å². The topological polar surface area (TPSA) is 20.2 Å². The summed E-state index contributed by atoms with van der Waals surface area (Å²) in [5.74, 6) is 0.549. The number of aliphatic hydroxyl groups is 1. The maximum atomic E-state index is 9.75. The fourth-order valence-electron chi connectivity index (χ4n) is 2.47. The molecule has 2 atom stereocenters. The largest absolute Gasteiger partial charge is 0.393 e. The van der Waals surface area contributed by atoms with Crippen molar-refractivity contribution in [3.8, 4) is 0 Å². The van der Waals surface area contributed by atoms with E-state index in [0.29, 0.717) is 5.92 Å². The van der Waals surface area contributed by atoms with Gasteiger partial charge in [0.1, 0.15) is 0 Å². The Morgan fingerprint density at radius 1 is 0.706 bits per heavy atom. The zero-order valence-corrected chi connectivity index (χ0v) is 12.4. The highest BCUT2D eigenvalue weighted by atomic mass is 16.3. The minimum atomic E-state index is -0.109. The van der Waals surface area contributed by atoms with E-state index >= 15 is 0 Å². The van der Waals surface area contributed by atoms with Crippen LogP contribution in [-0.4, -0.2) is 11.2 Å². The first-order chi connectivity index (χ1) is 8.22. The maximum absolute atomic E-state index is 9.75. The smallest absolute Gasteiger partial charge is 0.0540 e. The van der Waals surface area contributed by atoms with Crippen molar-refractivity contribution in [1.82, 2.24) is 0 Å². The van der Waals surface area contributed by atoms with Gasteiger partial charge in [-0.2, -0.15) is 0 Å². The highest BCUT2D eigenvalue weighted by Gasteiger charge is 2.13. The first-order valence-electron chi connectivity index (χ1n) is 7.90. The average molecular weight is 242 g/mol. The fraction of sp³-hybridized carbons (Fsp3) is 1.00. The summed E-state index contributed by atoms with van der Waals surface area (Å²) >= 11 is 0. The Labute approximate surface area is 109 Å². The Kier molecular flexibility index (Phi) is 12.4. The third-order valence-corrected chi connectivity index (χ3v) is 3.79. The molecule has 0 spiro atoms. The molecule has 0 radical (unpaired) electrons. The molecular weight excluding hydrogens is 208 g/mol. The van der Waals surface area contributed by atoms with Crippen molar-refractivity contribution in [2.45, 2.75) is 97.5 Å². The molecule has 0 aliphatic heterocycles. The van der Waals surface area contributed by atoms with Crippen LogP contribution in [0.1, 0.15) is 91.4 Å². The van der Waals surface area contributed by atoms with E-state index in [9.17, 15) is 5.11 Å². The molecule has 0 aliphatic carbocycles. The van der Waals surface area contributed by atoms with Crippen LogP contribution in [0.3, 0.4) is 0 Å². The summed E-state index contributed by atoms with van der Waals surface area (Å²) < 4.78 is 0. The summed E-state index contributed by atoms with van der Waals surface area (Å²) in [5.41, 5.74) is 0. The maximum Gasteiger partial charge on any atom is 0.0540 e. The molecule has 0 aromatic heterocycles. The molecule has 0 heterocycles. The minimum absolute atomic E-state index is 0.109. The molecule has 0 amide bonds. The van der Waals surface area contributed by atoms with Gasteiger partial charge in [-0.05, 0) is 25.7 Å². The van der Waals surface area contributed by atoms with Gasteiger partial charge >= 0.3 is 0 Å². The predicted octanol–water partition coefficient (Wildman–Crippen LogP) is 5.31. The first kappa shape index (κ1) is 17.0. The van der Waals surface area contributed by atoms with Crippen LogP contribution in [0.15, 0.2) is 0 Å². The number of hydrogen-bond acceptors (Lipinski definition) is 1. The van der Waals surface area contributed by atoms with Crippen molar-refractivity contribution in [3.05, 3.63) is 0 Å². The second-order valence-electron chi connectivity index (χ2n) is 5.55. The molecule has 0 aromatic rings. The Morgan fingerprint density at radius 2 is 1.12 bits per heavy atom. The molecule has 1 heteroatoms. The van der Waals surface area contributed by atoms with Gasteiger partial charge in [0.05, 0.1) is 6.10 Å². The summed E-state index contributed by atoms with van der Waals surface area (Å²) in [7, 11) is 0. The molecular formula is C16H34O. The molecule has 0 bridgehead atoms. The predicted molar refractivity (Wildman–Crippen MR) is 77.3 cm³/mol. The monoisotopic (exact) mass is 242 g/mol. The summed E-state index contributed by atoms with van der Waals surface area (Å²) in [5, 5.41) is 9.75. The van der Waals surface area contributed by atoms with Crippen LogP contribution in [0.2, 0.25) is 0 Å².